The van der Waals surface area contributed by atoms with Gasteiger partial charge in [0.15, 0.2) is 0 Å². The molecule has 104 valence electrons. The van der Waals surface area contributed by atoms with Crippen LogP contribution in [-0.2, 0) is 12.7 Å². The largest absolute Gasteiger partial charge is 0.416 e. The van der Waals surface area contributed by atoms with E-state index in [2.05, 4.69) is 10.3 Å². The molecule has 0 bridgehead atoms. The van der Waals surface area contributed by atoms with E-state index < -0.39 is 17.3 Å². The van der Waals surface area contributed by atoms with Gasteiger partial charge in [0.1, 0.15) is 5.52 Å². The molecule has 0 fully saturated rings. The molecule has 0 unspecified atom stereocenters. The van der Waals surface area contributed by atoms with Crippen molar-refractivity contribution < 1.29 is 13.2 Å². The van der Waals surface area contributed by atoms with Gasteiger partial charge in [-0.2, -0.15) is 13.2 Å². The molecule has 0 saturated heterocycles. The lowest BCUT2D eigenvalue weighted by Crippen LogP contribution is -2.27. The fourth-order valence-electron chi connectivity index (χ4n) is 1.52. The molecule has 2 rings (SSSR count). The van der Waals surface area contributed by atoms with E-state index in [4.69, 9.17) is 5.73 Å². The summed E-state index contributed by atoms with van der Waals surface area (Å²) in [6.45, 7) is 0.365. The van der Waals surface area contributed by atoms with Crippen molar-refractivity contribution in [3.8, 4) is 0 Å². The van der Waals surface area contributed by atoms with E-state index in [1.807, 2.05) is 0 Å². The van der Waals surface area contributed by atoms with Crippen LogP contribution in [0.5, 0.6) is 0 Å². The maximum absolute atomic E-state index is 12.5. The van der Waals surface area contributed by atoms with Crippen LogP contribution in [0, 0.1) is 0 Å². The number of fused-ring (bicyclic) bond motifs is 1. The average molecular weight is 295 g/mol. The molecule has 1 heterocycles. The zero-order valence-corrected chi connectivity index (χ0v) is 10.3. The Morgan fingerprint density at radius 3 is 2.58 bits per heavy atom. The second kappa shape index (κ2) is 5.54. The number of nitrogens with two attached hydrogens (primary N) is 1. The normalized spacial score (nSPS) is 11.4. The SMILES string of the molecule is Cl.NCCn1nnc2cc(C(F)(F)F)ccc2c1=O. The summed E-state index contributed by atoms with van der Waals surface area (Å²) in [4.78, 5) is 11.8. The summed E-state index contributed by atoms with van der Waals surface area (Å²) in [6.07, 6.45) is -4.47. The second-order valence-corrected chi connectivity index (χ2v) is 3.64. The van der Waals surface area contributed by atoms with Crippen molar-refractivity contribution in [2.45, 2.75) is 12.7 Å². The van der Waals surface area contributed by atoms with Crippen LogP contribution in [-0.4, -0.2) is 21.5 Å². The summed E-state index contributed by atoms with van der Waals surface area (Å²) < 4.78 is 38.4. The number of rotatable bonds is 2. The number of halogens is 4. The third-order valence-electron chi connectivity index (χ3n) is 2.39. The number of hydrogen-bond acceptors (Lipinski definition) is 4. The topological polar surface area (TPSA) is 73.8 Å². The smallest absolute Gasteiger partial charge is 0.329 e. The van der Waals surface area contributed by atoms with E-state index in [0.717, 1.165) is 22.9 Å². The zero-order valence-electron chi connectivity index (χ0n) is 9.52. The molecule has 0 aliphatic carbocycles. The lowest BCUT2D eigenvalue weighted by Gasteiger charge is -2.07. The number of benzene rings is 1. The third-order valence-corrected chi connectivity index (χ3v) is 2.39. The molecule has 5 nitrogen and oxygen atoms in total. The molecule has 1 aromatic heterocycles. The highest BCUT2D eigenvalue weighted by atomic mass is 35.5. The Bertz CT molecular complexity index is 641. The first-order valence-corrected chi connectivity index (χ1v) is 5.08. The molecule has 9 heteroatoms. The summed E-state index contributed by atoms with van der Waals surface area (Å²) in [6, 6.07) is 2.75. The highest BCUT2D eigenvalue weighted by Gasteiger charge is 2.30. The Balaban J connectivity index is 0.00000180. The van der Waals surface area contributed by atoms with Crippen LogP contribution in [0.15, 0.2) is 23.0 Å². The maximum Gasteiger partial charge on any atom is 0.416 e. The molecular weight excluding hydrogens is 285 g/mol. The van der Waals surface area contributed by atoms with Gasteiger partial charge >= 0.3 is 6.18 Å². The number of alkyl halides is 3. The molecule has 19 heavy (non-hydrogen) atoms. The predicted molar refractivity (Wildman–Crippen MR) is 65.1 cm³/mol. The van der Waals surface area contributed by atoms with Crippen molar-refractivity contribution in [1.82, 2.24) is 15.0 Å². The van der Waals surface area contributed by atoms with Crippen LogP contribution in [0.1, 0.15) is 5.56 Å². The van der Waals surface area contributed by atoms with Gasteiger partial charge in [0.2, 0.25) is 0 Å². The third kappa shape index (κ3) is 3.02. The van der Waals surface area contributed by atoms with Crippen molar-refractivity contribution in [1.29, 1.82) is 0 Å². The molecule has 0 saturated carbocycles. The number of hydrogen-bond donors (Lipinski definition) is 1. The first kappa shape index (κ1) is 15.4. The number of aromatic nitrogens is 3. The van der Waals surface area contributed by atoms with Crippen LogP contribution < -0.4 is 11.3 Å². The van der Waals surface area contributed by atoms with E-state index in [1.54, 1.807) is 0 Å². The Kier molecular flexibility index (Phi) is 4.48. The molecule has 2 aromatic rings. The van der Waals surface area contributed by atoms with Gasteiger partial charge in [-0.25, -0.2) is 4.68 Å². The first-order chi connectivity index (χ1) is 8.43. The fraction of sp³-hybridized carbons (Fsp3) is 0.300. The van der Waals surface area contributed by atoms with Crippen molar-refractivity contribution in [3.63, 3.8) is 0 Å². The predicted octanol–water partition coefficient (Wildman–Crippen LogP) is 1.19. The molecular formula is C10H10ClF3N4O. The van der Waals surface area contributed by atoms with Crippen molar-refractivity contribution in [3.05, 3.63) is 34.1 Å². The van der Waals surface area contributed by atoms with Gasteiger partial charge in [0.05, 0.1) is 17.5 Å². The van der Waals surface area contributed by atoms with Gasteiger partial charge in [-0.1, -0.05) is 5.21 Å². The van der Waals surface area contributed by atoms with Gasteiger partial charge < -0.3 is 5.73 Å². The Hall–Kier alpha value is -1.67. The first-order valence-electron chi connectivity index (χ1n) is 5.08. The molecule has 2 N–H and O–H groups in total. The van der Waals surface area contributed by atoms with Crippen LogP contribution >= 0.6 is 12.4 Å². The summed E-state index contributed by atoms with van der Waals surface area (Å²) in [5.41, 5.74) is 3.84. The summed E-state index contributed by atoms with van der Waals surface area (Å²) in [5.74, 6) is 0. The average Bonchev–Trinajstić information content (AvgIpc) is 2.31. The van der Waals surface area contributed by atoms with E-state index in [9.17, 15) is 18.0 Å². The standard InChI is InChI=1S/C10H9F3N4O.ClH/c11-10(12,13)6-1-2-7-8(5-6)15-16-17(4-3-14)9(7)18;/h1-2,5H,3-4,14H2;1H. The molecule has 0 amide bonds. The maximum atomic E-state index is 12.5. The Morgan fingerprint density at radius 1 is 1.32 bits per heavy atom. The van der Waals surface area contributed by atoms with Gasteiger partial charge in [-0.05, 0) is 18.2 Å². The van der Waals surface area contributed by atoms with Gasteiger partial charge in [-0.3, -0.25) is 4.79 Å². The van der Waals surface area contributed by atoms with Crippen molar-refractivity contribution in [2.24, 2.45) is 5.73 Å². The molecule has 0 aliphatic rings. The summed E-state index contributed by atoms with van der Waals surface area (Å²) >= 11 is 0. The highest BCUT2D eigenvalue weighted by molar-refractivity contribution is 5.85. The van der Waals surface area contributed by atoms with Gasteiger partial charge in [0, 0.05) is 6.54 Å². The minimum absolute atomic E-state index is 0. The molecule has 0 atom stereocenters. The quantitative estimate of drug-likeness (QED) is 0.903. The lowest BCUT2D eigenvalue weighted by atomic mass is 10.1. The second-order valence-electron chi connectivity index (χ2n) is 3.64. The van der Waals surface area contributed by atoms with Crippen LogP contribution in [0.2, 0.25) is 0 Å². The van der Waals surface area contributed by atoms with E-state index in [0.29, 0.717) is 0 Å². The Morgan fingerprint density at radius 2 is 2.00 bits per heavy atom. The lowest BCUT2D eigenvalue weighted by molar-refractivity contribution is -0.137. The van der Waals surface area contributed by atoms with Gasteiger partial charge in [-0.15, -0.1) is 17.5 Å². The van der Waals surface area contributed by atoms with Crippen molar-refractivity contribution in [2.75, 3.05) is 6.54 Å². The molecule has 0 radical (unpaired) electrons. The van der Waals surface area contributed by atoms with Crippen LogP contribution in [0.3, 0.4) is 0 Å². The minimum Gasteiger partial charge on any atom is -0.329 e. The summed E-state index contributed by atoms with van der Waals surface area (Å²) in [5, 5.41) is 7.21. The summed E-state index contributed by atoms with van der Waals surface area (Å²) in [7, 11) is 0. The number of nitrogens with zero attached hydrogens (tertiary/aromatic N) is 3. The molecule has 0 spiro atoms. The monoisotopic (exact) mass is 294 g/mol. The fourth-order valence-corrected chi connectivity index (χ4v) is 1.52. The van der Waals surface area contributed by atoms with Crippen LogP contribution in [0.4, 0.5) is 13.2 Å². The Labute approximate surface area is 111 Å². The molecule has 1 aromatic carbocycles. The van der Waals surface area contributed by atoms with E-state index in [1.165, 1.54) is 0 Å². The van der Waals surface area contributed by atoms with Crippen LogP contribution in [0.25, 0.3) is 10.9 Å². The molecule has 0 aliphatic heterocycles. The van der Waals surface area contributed by atoms with E-state index in [-0.39, 0.29) is 36.4 Å². The highest BCUT2D eigenvalue weighted by Crippen LogP contribution is 2.30. The zero-order chi connectivity index (χ0) is 13.3. The van der Waals surface area contributed by atoms with E-state index >= 15 is 0 Å². The minimum atomic E-state index is -4.47. The van der Waals surface area contributed by atoms with Crippen molar-refractivity contribution >= 4 is 23.3 Å². The van der Waals surface area contributed by atoms with Gasteiger partial charge in [0.25, 0.3) is 5.56 Å².